The fourth-order valence-corrected chi connectivity index (χ4v) is 6.79. The van der Waals surface area contributed by atoms with Gasteiger partial charge in [0.15, 0.2) is 0 Å². The molecule has 0 bridgehead atoms. The lowest BCUT2D eigenvalue weighted by Gasteiger charge is -2.29. The first-order valence-electron chi connectivity index (χ1n) is 7.32. The minimum Gasteiger partial charge on any atom is -0.428 e. The summed E-state index contributed by atoms with van der Waals surface area (Å²) in [5.74, 6) is 0. The molecule has 0 saturated carbocycles. The predicted molar refractivity (Wildman–Crippen MR) is 84.2 cm³/mol. The third-order valence-electron chi connectivity index (χ3n) is 3.96. The summed E-state index contributed by atoms with van der Waals surface area (Å²) < 4.78 is 5.38. The second-order valence-corrected chi connectivity index (χ2v) is 14.2. The van der Waals surface area contributed by atoms with Crippen molar-refractivity contribution >= 4 is 17.6 Å². The Morgan fingerprint density at radius 2 is 1.76 bits per heavy atom. The molecule has 4 heteroatoms. The smallest absolute Gasteiger partial charge is 0.147 e. The third-order valence-corrected chi connectivity index (χ3v) is 10.1. The molecule has 1 aliphatic rings. The molecule has 0 aromatic heterocycles. The van der Waals surface area contributed by atoms with Gasteiger partial charge in [-0.1, -0.05) is 26.4 Å². The first-order chi connectivity index (χ1) is 8.02. The Bertz CT molecular complexity index is 165. The van der Waals surface area contributed by atoms with E-state index in [1.165, 1.54) is 19.3 Å². The molecule has 0 spiro atoms. The largest absolute Gasteiger partial charge is 0.428 e. The summed E-state index contributed by atoms with van der Waals surface area (Å²) in [6.45, 7) is 12.6. The summed E-state index contributed by atoms with van der Waals surface area (Å²) in [5.41, 5.74) is 0. The summed E-state index contributed by atoms with van der Waals surface area (Å²) in [6.07, 6.45) is 3.86. The van der Waals surface area contributed by atoms with Crippen LogP contribution in [0.25, 0.3) is 0 Å². The lowest BCUT2D eigenvalue weighted by Crippen LogP contribution is -2.35. The van der Waals surface area contributed by atoms with Crippen molar-refractivity contribution in [2.45, 2.75) is 71.6 Å². The molecule has 104 valence electrons. The molecule has 1 rings (SSSR count). The number of nitrogens with zero attached hydrogens (tertiary/aromatic N) is 1. The van der Waals surface area contributed by atoms with Crippen LogP contribution in [0.4, 0.5) is 0 Å². The Morgan fingerprint density at radius 1 is 1.24 bits per heavy atom. The van der Waals surface area contributed by atoms with Gasteiger partial charge in [0.2, 0.25) is 0 Å². The van der Waals surface area contributed by atoms with E-state index in [1.54, 1.807) is 6.04 Å². The van der Waals surface area contributed by atoms with Crippen molar-refractivity contribution in [3.63, 3.8) is 0 Å². The van der Waals surface area contributed by atoms with Crippen molar-refractivity contribution in [3.8, 4) is 0 Å². The highest BCUT2D eigenvalue weighted by molar-refractivity contribution is 7.09. The second-order valence-electron chi connectivity index (χ2n) is 5.50. The fraction of sp³-hybridized carbons (Fsp3) is 1.00. The molecule has 0 amide bonds. The van der Waals surface area contributed by atoms with Crippen molar-refractivity contribution in [3.05, 3.63) is 0 Å². The lowest BCUT2D eigenvalue weighted by atomic mass is 10.1. The highest BCUT2D eigenvalue weighted by Gasteiger charge is 2.11. The van der Waals surface area contributed by atoms with Crippen molar-refractivity contribution in [1.29, 1.82) is 0 Å². The Morgan fingerprint density at radius 3 is 2.00 bits per heavy atom. The van der Waals surface area contributed by atoms with Gasteiger partial charge in [-0.2, -0.15) is 0 Å². The molecule has 17 heavy (non-hydrogen) atoms. The zero-order chi connectivity index (χ0) is 13.3. The van der Waals surface area contributed by atoms with Gasteiger partial charge in [-0.05, 0) is 40.2 Å². The van der Waals surface area contributed by atoms with Gasteiger partial charge in [0.05, 0.1) is 8.31 Å². The average molecular weight is 276 g/mol. The maximum Gasteiger partial charge on any atom is 0.147 e. The fourth-order valence-electron chi connectivity index (χ4n) is 1.91. The summed E-state index contributed by atoms with van der Waals surface area (Å²) >= 11 is 0. The van der Waals surface area contributed by atoms with E-state index in [-0.39, 0.29) is 17.6 Å². The highest BCUT2D eigenvalue weighted by Crippen LogP contribution is 2.07. The van der Waals surface area contributed by atoms with Gasteiger partial charge >= 0.3 is 0 Å². The van der Waals surface area contributed by atoms with Crippen LogP contribution in [0.5, 0.6) is 0 Å². The second kappa shape index (κ2) is 10.3. The SMILES string of the molecule is CCC(C)N(C)C(C)CC.C[SiH]1CCCO[SiH2]1. The lowest BCUT2D eigenvalue weighted by molar-refractivity contribution is 0.187. The Kier molecular flexibility index (Phi) is 10.5. The van der Waals surface area contributed by atoms with Crippen molar-refractivity contribution < 1.29 is 4.43 Å². The van der Waals surface area contributed by atoms with Crippen LogP contribution in [0, 0.1) is 0 Å². The monoisotopic (exact) mass is 275 g/mol. The zero-order valence-corrected chi connectivity index (χ0v) is 15.4. The Labute approximate surface area is 112 Å². The van der Waals surface area contributed by atoms with Gasteiger partial charge in [0.1, 0.15) is 9.28 Å². The average Bonchev–Trinajstić information content (AvgIpc) is 2.37. The summed E-state index contributed by atoms with van der Waals surface area (Å²) in [7, 11) is 2.10. The van der Waals surface area contributed by atoms with Crippen LogP contribution in [-0.4, -0.2) is 48.2 Å². The summed E-state index contributed by atoms with van der Waals surface area (Å²) in [6, 6.07) is 3.02. The molecule has 3 atom stereocenters. The molecule has 0 N–H and O–H groups in total. The van der Waals surface area contributed by atoms with E-state index >= 15 is 0 Å². The van der Waals surface area contributed by atoms with Gasteiger partial charge in [0, 0.05) is 18.7 Å². The predicted octanol–water partition coefficient (Wildman–Crippen LogP) is 2.36. The molecule has 3 unspecified atom stereocenters. The van der Waals surface area contributed by atoms with Gasteiger partial charge in [-0.3, -0.25) is 0 Å². The molecule has 0 aromatic rings. The molecule has 2 nitrogen and oxygen atoms in total. The van der Waals surface area contributed by atoms with Gasteiger partial charge in [0.25, 0.3) is 0 Å². The number of hydrogen-bond donors (Lipinski definition) is 0. The molecule has 1 heterocycles. The van der Waals surface area contributed by atoms with Crippen molar-refractivity contribution in [2.75, 3.05) is 13.7 Å². The van der Waals surface area contributed by atoms with Crippen LogP contribution in [0.3, 0.4) is 0 Å². The topological polar surface area (TPSA) is 12.5 Å². The molecular formula is C13H33NOSi2. The molecule has 1 aliphatic heterocycles. The third kappa shape index (κ3) is 8.13. The standard InChI is InChI=1S/C9H21N.C4H12OSi2/c1-6-8(3)10(5)9(4)7-2;1-7-4-2-3-5-6-7/h8-9H,6-7H2,1-5H3;7H,2-4,6H2,1H3. The van der Waals surface area contributed by atoms with Crippen LogP contribution < -0.4 is 0 Å². The first kappa shape index (κ1) is 17.4. The van der Waals surface area contributed by atoms with Crippen LogP contribution in [0.15, 0.2) is 0 Å². The summed E-state index contributed by atoms with van der Waals surface area (Å²) in [5, 5.41) is 0. The number of rotatable bonds is 4. The quantitative estimate of drug-likeness (QED) is 0.730. The van der Waals surface area contributed by atoms with Crippen LogP contribution in [0.2, 0.25) is 12.6 Å². The zero-order valence-electron chi connectivity index (χ0n) is 12.8. The minimum atomic E-state index is -0.178. The Balaban J connectivity index is 0.000000318. The Hall–Kier alpha value is 0.354. The maximum absolute atomic E-state index is 5.38. The van der Waals surface area contributed by atoms with E-state index in [9.17, 15) is 0 Å². The van der Waals surface area contributed by atoms with Crippen LogP contribution in [-0.2, 0) is 4.43 Å². The van der Waals surface area contributed by atoms with Gasteiger partial charge in [-0.15, -0.1) is 0 Å². The van der Waals surface area contributed by atoms with Gasteiger partial charge < -0.3 is 9.33 Å². The molecule has 1 fully saturated rings. The molecule has 0 aliphatic carbocycles. The van der Waals surface area contributed by atoms with E-state index in [2.05, 4.69) is 46.2 Å². The van der Waals surface area contributed by atoms with Crippen molar-refractivity contribution in [2.24, 2.45) is 0 Å². The van der Waals surface area contributed by atoms with Crippen LogP contribution >= 0.6 is 0 Å². The molecular weight excluding hydrogens is 242 g/mol. The maximum atomic E-state index is 5.38. The molecule has 0 radical (unpaired) electrons. The summed E-state index contributed by atoms with van der Waals surface area (Å²) in [4.78, 5) is 2.44. The van der Waals surface area contributed by atoms with Crippen LogP contribution in [0.1, 0.15) is 47.0 Å². The molecule has 0 aromatic carbocycles. The van der Waals surface area contributed by atoms with E-state index in [4.69, 9.17) is 4.43 Å². The van der Waals surface area contributed by atoms with E-state index < -0.39 is 0 Å². The van der Waals surface area contributed by atoms with E-state index in [0.717, 1.165) is 18.7 Å². The normalized spacial score (nSPS) is 25.2. The number of hydrogen-bond acceptors (Lipinski definition) is 2. The van der Waals surface area contributed by atoms with Crippen molar-refractivity contribution in [1.82, 2.24) is 4.90 Å². The van der Waals surface area contributed by atoms with Gasteiger partial charge in [-0.25, -0.2) is 0 Å². The minimum absolute atomic E-state index is 0.0718. The van der Waals surface area contributed by atoms with E-state index in [0.29, 0.717) is 0 Å². The molecule has 1 saturated heterocycles. The first-order valence-corrected chi connectivity index (χ1v) is 13.1. The van der Waals surface area contributed by atoms with E-state index in [1.807, 2.05) is 0 Å². The highest BCUT2D eigenvalue weighted by atomic mass is 29.2.